The Morgan fingerprint density at radius 3 is 1.97 bits per heavy atom. The van der Waals surface area contributed by atoms with Gasteiger partial charge < -0.3 is 22.9 Å². The van der Waals surface area contributed by atoms with Crippen LogP contribution in [-0.4, -0.2) is 78.3 Å². The van der Waals surface area contributed by atoms with Crippen molar-refractivity contribution in [2.45, 2.75) is 53.6 Å². The Labute approximate surface area is 184 Å². The molecule has 7 heteroatoms. The Hall–Kier alpha value is -0.963. The minimum atomic E-state index is -2.52. The number of methoxy groups -OCH3 is 1. The van der Waals surface area contributed by atoms with E-state index in [1.54, 1.807) is 7.11 Å². The van der Waals surface area contributed by atoms with E-state index in [2.05, 4.69) is 35.8 Å². The van der Waals surface area contributed by atoms with Crippen molar-refractivity contribution in [2.75, 3.05) is 59.7 Å². The van der Waals surface area contributed by atoms with Crippen molar-refractivity contribution in [2.24, 2.45) is 0 Å². The van der Waals surface area contributed by atoms with Gasteiger partial charge in [-0.05, 0) is 58.7 Å². The van der Waals surface area contributed by atoms with Crippen molar-refractivity contribution >= 4 is 8.80 Å². The van der Waals surface area contributed by atoms with E-state index in [0.29, 0.717) is 19.8 Å². The first-order chi connectivity index (χ1) is 14.5. The highest BCUT2D eigenvalue weighted by atomic mass is 28.4. The van der Waals surface area contributed by atoms with Crippen molar-refractivity contribution in [1.82, 2.24) is 9.80 Å². The van der Waals surface area contributed by atoms with Gasteiger partial charge in [-0.3, -0.25) is 4.90 Å². The van der Waals surface area contributed by atoms with Gasteiger partial charge in [0.2, 0.25) is 0 Å². The molecule has 1 fully saturated rings. The van der Waals surface area contributed by atoms with Gasteiger partial charge in [-0.1, -0.05) is 12.1 Å². The van der Waals surface area contributed by atoms with Gasteiger partial charge in [0, 0.05) is 64.2 Å². The van der Waals surface area contributed by atoms with E-state index in [9.17, 15) is 0 Å². The van der Waals surface area contributed by atoms with Gasteiger partial charge in [0.1, 0.15) is 5.75 Å². The molecule has 0 aromatic heterocycles. The number of rotatable bonds is 13. The molecule has 0 spiro atoms. The second-order valence-electron chi connectivity index (χ2n) is 7.90. The van der Waals surface area contributed by atoms with Gasteiger partial charge >= 0.3 is 8.80 Å². The molecule has 0 radical (unpaired) electrons. The zero-order chi connectivity index (χ0) is 22.0. The third kappa shape index (κ3) is 7.04. The molecule has 0 bridgehead atoms. The van der Waals surface area contributed by atoms with Crippen LogP contribution in [0.1, 0.15) is 43.9 Å². The van der Waals surface area contributed by atoms with E-state index in [4.69, 9.17) is 18.0 Å². The summed E-state index contributed by atoms with van der Waals surface area (Å²) < 4.78 is 23.6. The molecule has 0 amide bonds. The number of nitrogens with zero attached hydrogens (tertiary/aromatic N) is 2. The Kier molecular flexibility index (Phi) is 10.8. The number of piperazine rings is 1. The van der Waals surface area contributed by atoms with Gasteiger partial charge in [0.05, 0.1) is 7.11 Å². The molecule has 1 aliphatic heterocycles. The SMILES string of the molecule is CCO[Si](CCCN1CCN(Cc2ccc(C)c(C)c2OC)CC1)(OCC)OCC. The normalized spacial score (nSPS) is 16.2. The standard InChI is InChI=1S/C23H42N2O4Si/c1-7-27-30(28-8-2,29-9-3)18-10-13-24-14-16-25(17-15-24)19-22-12-11-20(4)21(5)23(22)26-6/h11-12H,7-10,13-19H2,1-6H3. The van der Waals surface area contributed by atoms with Crippen molar-refractivity contribution in [3.05, 3.63) is 28.8 Å². The highest BCUT2D eigenvalue weighted by Gasteiger charge is 2.39. The fourth-order valence-electron chi connectivity index (χ4n) is 4.19. The van der Waals surface area contributed by atoms with Crippen LogP contribution >= 0.6 is 0 Å². The van der Waals surface area contributed by atoms with Crippen LogP contribution < -0.4 is 4.74 Å². The molecule has 1 aromatic carbocycles. The average Bonchev–Trinajstić information content (AvgIpc) is 2.73. The van der Waals surface area contributed by atoms with Crippen LogP contribution in [-0.2, 0) is 19.8 Å². The highest BCUT2D eigenvalue weighted by Crippen LogP contribution is 2.27. The highest BCUT2D eigenvalue weighted by molar-refractivity contribution is 6.60. The Morgan fingerprint density at radius 1 is 0.867 bits per heavy atom. The number of hydrogen-bond acceptors (Lipinski definition) is 6. The smallest absolute Gasteiger partial charge is 0.496 e. The summed E-state index contributed by atoms with van der Waals surface area (Å²) in [5.74, 6) is 1.04. The summed E-state index contributed by atoms with van der Waals surface area (Å²) in [6.07, 6.45) is 1.05. The van der Waals surface area contributed by atoms with Crippen LogP contribution in [0.15, 0.2) is 12.1 Å². The molecule has 0 aliphatic carbocycles. The minimum absolute atomic E-state index is 0.646. The van der Waals surface area contributed by atoms with Crippen LogP contribution in [0.25, 0.3) is 0 Å². The van der Waals surface area contributed by atoms with Crippen LogP contribution in [0.5, 0.6) is 5.75 Å². The molecule has 172 valence electrons. The van der Waals surface area contributed by atoms with Crippen LogP contribution in [0.2, 0.25) is 6.04 Å². The first kappa shape index (κ1) is 25.3. The second kappa shape index (κ2) is 12.8. The molecule has 0 atom stereocenters. The summed E-state index contributed by atoms with van der Waals surface area (Å²) in [7, 11) is -0.739. The number of ether oxygens (including phenoxy) is 1. The zero-order valence-electron chi connectivity index (χ0n) is 20.0. The van der Waals surface area contributed by atoms with E-state index in [-0.39, 0.29) is 0 Å². The second-order valence-corrected chi connectivity index (χ2v) is 10.6. The quantitative estimate of drug-likeness (QED) is 0.436. The maximum atomic E-state index is 5.98. The number of aryl methyl sites for hydroxylation is 1. The van der Waals surface area contributed by atoms with Crippen LogP contribution in [0, 0.1) is 13.8 Å². The molecule has 30 heavy (non-hydrogen) atoms. The Balaban J connectivity index is 1.81. The zero-order valence-corrected chi connectivity index (χ0v) is 21.0. The van der Waals surface area contributed by atoms with E-state index in [1.807, 2.05) is 20.8 Å². The van der Waals surface area contributed by atoms with Crippen molar-refractivity contribution in [3.63, 3.8) is 0 Å². The van der Waals surface area contributed by atoms with Gasteiger partial charge in [-0.15, -0.1) is 0 Å². The molecule has 0 unspecified atom stereocenters. The molecule has 0 N–H and O–H groups in total. The molecule has 1 aliphatic rings. The fourth-order valence-corrected chi connectivity index (χ4v) is 6.78. The molecule has 1 saturated heterocycles. The summed E-state index contributed by atoms with van der Waals surface area (Å²) in [5.41, 5.74) is 3.82. The number of hydrogen-bond donors (Lipinski definition) is 0. The Bertz CT molecular complexity index is 619. The molecule has 0 saturated carbocycles. The van der Waals surface area contributed by atoms with E-state index < -0.39 is 8.80 Å². The lowest BCUT2D eigenvalue weighted by Gasteiger charge is -2.35. The maximum absolute atomic E-state index is 5.98. The topological polar surface area (TPSA) is 43.4 Å². The lowest BCUT2D eigenvalue weighted by molar-refractivity contribution is 0.0685. The third-order valence-electron chi connectivity index (χ3n) is 5.87. The van der Waals surface area contributed by atoms with Gasteiger partial charge in [0.15, 0.2) is 0 Å². The maximum Gasteiger partial charge on any atom is 0.500 e. The summed E-state index contributed by atoms with van der Waals surface area (Å²) in [6.45, 7) is 18.7. The van der Waals surface area contributed by atoms with Crippen molar-refractivity contribution in [3.8, 4) is 5.75 Å². The summed E-state index contributed by atoms with van der Waals surface area (Å²) in [5, 5.41) is 0. The van der Waals surface area contributed by atoms with E-state index in [0.717, 1.165) is 57.5 Å². The predicted octanol–water partition coefficient (Wildman–Crippen LogP) is 3.87. The molecular formula is C23H42N2O4Si. The monoisotopic (exact) mass is 438 g/mol. The molecular weight excluding hydrogens is 396 g/mol. The average molecular weight is 439 g/mol. The summed E-state index contributed by atoms with van der Waals surface area (Å²) >= 11 is 0. The predicted molar refractivity (Wildman–Crippen MR) is 124 cm³/mol. The molecule has 1 aromatic rings. The van der Waals surface area contributed by atoms with Gasteiger partial charge in [-0.2, -0.15) is 0 Å². The van der Waals surface area contributed by atoms with Gasteiger partial charge in [-0.25, -0.2) is 0 Å². The minimum Gasteiger partial charge on any atom is -0.496 e. The lowest BCUT2D eigenvalue weighted by Crippen LogP contribution is -2.48. The van der Waals surface area contributed by atoms with Crippen molar-refractivity contribution < 1.29 is 18.0 Å². The lowest BCUT2D eigenvalue weighted by atomic mass is 10.0. The first-order valence-electron chi connectivity index (χ1n) is 11.5. The van der Waals surface area contributed by atoms with E-state index in [1.165, 1.54) is 16.7 Å². The Morgan fingerprint density at radius 2 is 1.43 bits per heavy atom. The third-order valence-corrected chi connectivity index (χ3v) is 9.02. The molecule has 1 heterocycles. The van der Waals surface area contributed by atoms with Crippen LogP contribution in [0.3, 0.4) is 0 Å². The van der Waals surface area contributed by atoms with Gasteiger partial charge in [0.25, 0.3) is 0 Å². The van der Waals surface area contributed by atoms with Crippen molar-refractivity contribution in [1.29, 1.82) is 0 Å². The number of benzene rings is 1. The largest absolute Gasteiger partial charge is 0.500 e. The van der Waals surface area contributed by atoms with Crippen LogP contribution in [0.4, 0.5) is 0 Å². The molecule has 2 rings (SSSR count). The molecule has 6 nitrogen and oxygen atoms in total. The summed E-state index contributed by atoms with van der Waals surface area (Å²) in [4.78, 5) is 5.08. The van der Waals surface area contributed by atoms with E-state index >= 15 is 0 Å². The fraction of sp³-hybridized carbons (Fsp3) is 0.739. The first-order valence-corrected chi connectivity index (χ1v) is 13.4. The summed E-state index contributed by atoms with van der Waals surface area (Å²) in [6, 6.07) is 5.31.